The normalized spacial score (nSPS) is 28.2. The smallest absolute Gasteiger partial charge is 0.303 e. The van der Waals surface area contributed by atoms with E-state index in [0.717, 1.165) is 36.8 Å². The van der Waals surface area contributed by atoms with Crippen LogP contribution in [-0.4, -0.2) is 34.5 Å². The summed E-state index contributed by atoms with van der Waals surface area (Å²) in [6.45, 7) is 0. The highest BCUT2D eigenvalue weighted by Crippen LogP contribution is 2.55. The second-order valence-corrected chi connectivity index (χ2v) is 11.4. The number of benzene rings is 2. The zero-order valence-corrected chi connectivity index (χ0v) is 19.9. The standard InChI is InChI=1S/C29H32N2O4/c32-26(33)8-7-25(28(35)31-29-14-17-9-18(15-29)11-19(10-17)16-29)30-27(34)21-5-6-24-22(13-21)12-20-3-1-2-4-23(20)24/h1-6,13,17-19,25H,7-12,14-16H2,(H,30,34)(H,31,35)(H,32,33)/t17?,18?,19?,25-,29?/m0/s1. The van der Waals surface area contributed by atoms with Gasteiger partial charge in [0, 0.05) is 17.5 Å². The maximum atomic E-state index is 13.4. The zero-order chi connectivity index (χ0) is 24.2. The molecule has 3 N–H and O–H groups in total. The van der Waals surface area contributed by atoms with Gasteiger partial charge in [-0.25, -0.2) is 0 Å². The molecular formula is C29H32N2O4. The third kappa shape index (κ3) is 4.24. The van der Waals surface area contributed by atoms with Crippen molar-refractivity contribution in [2.24, 2.45) is 17.8 Å². The number of hydrogen-bond donors (Lipinski definition) is 3. The summed E-state index contributed by atoms with van der Waals surface area (Å²) in [7, 11) is 0. The van der Waals surface area contributed by atoms with Crippen LogP contribution in [0.1, 0.15) is 72.9 Å². The van der Waals surface area contributed by atoms with Gasteiger partial charge in [-0.15, -0.1) is 0 Å². The number of hydrogen-bond acceptors (Lipinski definition) is 3. The number of carboxylic acid groups (broad SMARTS) is 1. The Balaban J connectivity index is 1.18. The maximum absolute atomic E-state index is 13.4. The Morgan fingerprint density at radius 2 is 1.57 bits per heavy atom. The fraction of sp³-hybridized carbons (Fsp3) is 0.483. The second kappa shape index (κ2) is 8.51. The van der Waals surface area contributed by atoms with E-state index in [2.05, 4.69) is 22.8 Å². The lowest BCUT2D eigenvalue weighted by atomic mass is 9.53. The SMILES string of the molecule is O=C(O)CC[C@H](NC(=O)c1ccc2c(c1)Cc1ccccc1-2)C(=O)NC12CC3CC(CC(C3)C1)C2. The molecule has 5 aliphatic carbocycles. The number of nitrogens with one attached hydrogen (secondary N) is 2. The average molecular weight is 473 g/mol. The quantitative estimate of drug-likeness (QED) is 0.478. The predicted molar refractivity (Wildman–Crippen MR) is 132 cm³/mol. The van der Waals surface area contributed by atoms with Gasteiger partial charge in [0.05, 0.1) is 0 Å². The number of amides is 2. The van der Waals surface area contributed by atoms with E-state index >= 15 is 0 Å². The molecule has 0 saturated heterocycles. The van der Waals surface area contributed by atoms with Crippen LogP contribution in [0.2, 0.25) is 0 Å². The molecule has 4 bridgehead atoms. The first-order valence-corrected chi connectivity index (χ1v) is 12.9. The number of carbonyl (C=O) groups is 3. The molecular weight excluding hydrogens is 440 g/mol. The molecule has 0 aliphatic heterocycles. The first-order chi connectivity index (χ1) is 16.9. The van der Waals surface area contributed by atoms with E-state index in [1.54, 1.807) is 6.07 Å². The molecule has 6 nitrogen and oxygen atoms in total. The van der Waals surface area contributed by atoms with E-state index < -0.39 is 12.0 Å². The van der Waals surface area contributed by atoms with Gasteiger partial charge in [0.15, 0.2) is 0 Å². The topological polar surface area (TPSA) is 95.5 Å². The van der Waals surface area contributed by atoms with E-state index in [4.69, 9.17) is 0 Å². The van der Waals surface area contributed by atoms with Crippen LogP contribution in [0.4, 0.5) is 0 Å². The molecule has 5 aliphatic rings. The minimum atomic E-state index is -0.970. The monoisotopic (exact) mass is 472 g/mol. The molecule has 0 heterocycles. The Kier molecular flexibility index (Phi) is 5.42. The predicted octanol–water partition coefficient (Wildman–Crippen LogP) is 4.31. The van der Waals surface area contributed by atoms with Crippen molar-refractivity contribution in [3.63, 3.8) is 0 Å². The van der Waals surface area contributed by atoms with Gasteiger partial charge in [-0.1, -0.05) is 30.3 Å². The second-order valence-electron chi connectivity index (χ2n) is 11.4. The Hall–Kier alpha value is -3.15. The highest BCUT2D eigenvalue weighted by Gasteiger charge is 2.51. The number of carbonyl (C=O) groups excluding carboxylic acids is 2. The molecule has 2 aromatic carbocycles. The molecule has 1 atom stereocenters. The summed E-state index contributed by atoms with van der Waals surface area (Å²) >= 11 is 0. The molecule has 0 spiro atoms. The Labute approximate surface area is 205 Å². The fourth-order valence-corrected chi connectivity index (χ4v) is 7.68. The molecule has 2 aromatic rings. The summed E-state index contributed by atoms with van der Waals surface area (Å²) in [5, 5.41) is 15.4. The van der Waals surface area contributed by atoms with Gasteiger partial charge < -0.3 is 15.7 Å². The molecule has 2 amide bonds. The van der Waals surface area contributed by atoms with Crippen LogP contribution in [0.25, 0.3) is 11.1 Å². The third-order valence-electron chi connectivity index (χ3n) is 8.75. The lowest BCUT2D eigenvalue weighted by Crippen LogP contribution is -2.62. The molecule has 0 aromatic heterocycles. The number of aliphatic carboxylic acids is 1. The Morgan fingerprint density at radius 1 is 0.914 bits per heavy atom. The largest absolute Gasteiger partial charge is 0.481 e. The molecule has 4 saturated carbocycles. The van der Waals surface area contributed by atoms with Gasteiger partial charge in [-0.3, -0.25) is 14.4 Å². The van der Waals surface area contributed by atoms with Crippen LogP contribution in [0.3, 0.4) is 0 Å². The van der Waals surface area contributed by atoms with Crippen molar-refractivity contribution in [2.75, 3.05) is 0 Å². The summed E-state index contributed by atoms with van der Waals surface area (Å²) in [6, 6.07) is 13.0. The first kappa shape index (κ1) is 22.3. The third-order valence-corrected chi connectivity index (χ3v) is 8.75. The van der Waals surface area contributed by atoms with Crippen LogP contribution in [0, 0.1) is 17.8 Å². The molecule has 4 fully saturated rings. The highest BCUT2D eigenvalue weighted by molar-refractivity contribution is 5.98. The van der Waals surface area contributed by atoms with Crippen molar-refractivity contribution in [1.29, 1.82) is 0 Å². The van der Waals surface area contributed by atoms with Gasteiger partial charge in [0.1, 0.15) is 6.04 Å². The average Bonchev–Trinajstić information content (AvgIpc) is 3.18. The summed E-state index contributed by atoms with van der Waals surface area (Å²) in [6.07, 6.45) is 7.54. The summed E-state index contributed by atoms with van der Waals surface area (Å²) in [4.78, 5) is 37.9. The Bertz CT molecular complexity index is 1170. The van der Waals surface area contributed by atoms with Crippen LogP contribution in [0.15, 0.2) is 42.5 Å². The molecule has 6 heteroatoms. The van der Waals surface area contributed by atoms with Gasteiger partial charge in [0.2, 0.25) is 5.91 Å². The van der Waals surface area contributed by atoms with Gasteiger partial charge in [0.25, 0.3) is 5.91 Å². The number of rotatable bonds is 7. The van der Waals surface area contributed by atoms with Gasteiger partial charge in [-0.05, 0) is 104 Å². The van der Waals surface area contributed by atoms with Crippen LogP contribution < -0.4 is 10.6 Å². The molecule has 7 rings (SSSR count). The molecule has 182 valence electrons. The van der Waals surface area contributed by atoms with E-state index in [9.17, 15) is 19.5 Å². The Morgan fingerprint density at radius 3 is 2.26 bits per heavy atom. The van der Waals surface area contributed by atoms with Crippen LogP contribution in [-0.2, 0) is 16.0 Å². The van der Waals surface area contributed by atoms with Crippen molar-refractivity contribution < 1.29 is 19.5 Å². The van der Waals surface area contributed by atoms with Crippen molar-refractivity contribution in [3.05, 3.63) is 59.2 Å². The molecule has 35 heavy (non-hydrogen) atoms. The zero-order valence-electron chi connectivity index (χ0n) is 19.9. The van der Waals surface area contributed by atoms with Gasteiger partial charge in [-0.2, -0.15) is 0 Å². The lowest BCUT2D eigenvalue weighted by Gasteiger charge is -2.57. The van der Waals surface area contributed by atoms with Crippen molar-refractivity contribution in [1.82, 2.24) is 10.6 Å². The summed E-state index contributed by atoms with van der Waals surface area (Å²) in [5.41, 5.74) is 4.99. The minimum Gasteiger partial charge on any atom is -0.481 e. The van der Waals surface area contributed by atoms with Crippen molar-refractivity contribution >= 4 is 17.8 Å². The van der Waals surface area contributed by atoms with Crippen molar-refractivity contribution in [2.45, 2.75) is 69.4 Å². The maximum Gasteiger partial charge on any atom is 0.303 e. The fourth-order valence-electron chi connectivity index (χ4n) is 7.68. The van der Waals surface area contributed by atoms with Crippen molar-refractivity contribution in [3.8, 4) is 11.1 Å². The van der Waals surface area contributed by atoms with E-state index in [-0.39, 0.29) is 30.2 Å². The van der Waals surface area contributed by atoms with Crippen LogP contribution in [0.5, 0.6) is 0 Å². The highest BCUT2D eigenvalue weighted by atomic mass is 16.4. The van der Waals surface area contributed by atoms with E-state index in [0.29, 0.717) is 23.3 Å². The minimum absolute atomic E-state index is 0.0790. The number of fused-ring (bicyclic) bond motifs is 3. The first-order valence-electron chi connectivity index (χ1n) is 12.9. The molecule has 0 unspecified atom stereocenters. The molecule has 0 radical (unpaired) electrons. The summed E-state index contributed by atoms with van der Waals surface area (Å²) < 4.78 is 0. The number of carboxylic acids is 1. The van der Waals surface area contributed by atoms with E-state index in [1.807, 2.05) is 24.3 Å². The van der Waals surface area contributed by atoms with E-state index in [1.165, 1.54) is 30.4 Å². The van der Waals surface area contributed by atoms with Crippen LogP contribution >= 0.6 is 0 Å². The summed E-state index contributed by atoms with van der Waals surface area (Å²) in [5.74, 6) is 0.509. The van der Waals surface area contributed by atoms with Gasteiger partial charge >= 0.3 is 5.97 Å². The lowest BCUT2D eigenvalue weighted by molar-refractivity contribution is -0.137.